The quantitative estimate of drug-likeness (QED) is 0.887. The van der Waals surface area contributed by atoms with Crippen LogP contribution in [-0.2, 0) is 18.9 Å². The van der Waals surface area contributed by atoms with Crippen molar-refractivity contribution in [3.8, 4) is 0 Å². The average Bonchev–Trinajstić information content (AvgIpc) is 3.02. The summed E-state index contributed by atoms with van der Waals surface area (Å²) in [6.45, 7) is 3.74. The predicted octanol–water partition coefficient (Wildman–Crippen LogP) is 1.17. The Hall–Kier alpha value is -0.920. The zero-order chi connectivity index (χ0) is 13.6. The van der Waals surface area contributed by atoms with Crippen LogP contribution in [0, 0.1) is 0 Å². The molecule has 0 radical (unpaired) electrons. The minimum Gasteiger partial charge on any atom is -0.468 e. The van der Waals surface area contributed by atoms with Gasteiger partial charge in [0, 0.05) is 7.11 Å². The molecule has 2 N–H and O–H groups in total. The van der Waals surface area contributed by atoms with Crippen LogP contribution in [0.15, 0.2) is 22.8 Å². The van der Waals surface area contributed by atoms with Crippen LogP contribution in [0.4, 0.5) is 0 Å². The standard InChI is InChI=1S/C13H19NO5/c1-13(2)18-10-9(8(14)7-5-4-6-16-7)17-12(15-3)11(10)19-13/h4-6,8-12H,14H2,1-3H3/t8-,9-,10+,11+,12+/m1/s1. The molecule has 2 aliphatic heterocycles. The van der Waals surface area contributed by atoms with E-state index in [9.17, 15) is 0 Å². The smallest absolute Gasteiger partial charge is 0.186 e. The molecule has 19 heavy (non-hydrogen) atoms. The zero-order valence-corrected chi connectivity index (χ0v) is 11.2. The summed E-state index contributed by atoms with van der Waals surface area (Å²) >= 11 is 0. The first-order valence-electron chi connectivity index (χ1n) is 6.35. The van der Waals surface area contributed by atoms with Crippen LogP contribution in [0.25, 0.3) is 0 Å². The molecule has 1 aromatic rings. The fourth-order valence-corrected chi connectivity index (χ4v) is 2.71. The van der Waals surface area contributed by atoms with Gasteiger partial charge in [-0.3, -0.25) is 0 Å². The van der Waals surface area contributed by atoms with Crippen molar-refractivity contribution in [1.82, 2.24) is 0 Å². The average molecular weight is 269 g/mol. The molecule has 0 spiro atoms. The maximum Gasteiger partial charge on any atom is 0.186 e. The molecule has 0 unspecified atom stereocenters. The molecular weight excluding hydrogens is 250 g/mol. The van der Waals surface area contributed by atoms with Crippen molar-refractivity contribution >= 4 is 0 Å². The number of nitrogens with two attached hydrogens (primary N) is 1. The third-order valence-corrected chi connectivity index (χ3v) is 3.50. The Morgan fingerprint density at radius 3 is 2.68 bits per heavy atom. The molecule has 2 aliphatic rings. The predicted molar refractivity (Wildman–Crippen MR) is 65.1 cm³/mol. The molecule has 2 saturated heterocycles. The van der Waals surface area contributed by atoms with Gasteiger partial charge in [0.2, 0.25) is 0 Å². The Morgan fingerprint density at radius 2 is 2.05 bits per heavy atom. The normalized spacial score (nSPS) is 38.3. The Bertz CT molecular complexity index is 432. The highest BCUT2D eigenvalue weighted by Gasteiger charge is 2.57. The minimum atomic E-state index is -0.656. The topological polar surface area (TPSA) is 76.1 Å². The van der Waals surface area contributed by atoms with Crippen molar-refractivity contribution in [3.63, 3.8) is 0 Å². The first kappa shape index (κ1) is 13.1. The summed E-state index contributed by atoms with van der Waals surface area (Å²) in [5, 5.41) is 0. The lowest BCUT2D eigenvalue weighted by atomic mass is 10.0. The number of fused-ring (bicyclic) bond motifs is 1. The molecule has 5 atom stereocenters. The lowest BCUT2D eigenvalue weighted by Crippen LogP contribution is -2.37. The van der Waals surface area contributed by atoms with E-state index in [1.54, 1.807) is 19.4 Å². The van der Waals surface area contributed by atoms with E-state index in [4.69, 9.17) is 29.1 Å². The molecule has 1 aromatic heterocycles. The van der Waals surface area contributed by atoms with Crippen LogP contribution in [0.1, 0.15) is 25.6 Å². The van der Waals surface area contributed by atoms with Gasteiger partial charge in [-0.2, -0.15) is 0 Å². The molecule has 2 fully saturated rings. The van der Waals surface area contributed by atoms with Crippen molar-refractivity contribution < 1.29 is 23.4 Å². The van der Waals surface area contributed by atoms with Gasteiger partial charge in [-0.1, -0.05) is 0 Å². The maximum absolute atomic E-state index is 6.20. The Morgan fingerprint density at radius 1 is 1.32 bits per heavy atom. The number of hydrogen-bond acceptors (Lipinski definition) is 6. The van der Waals surface area contributed by atoms with E-state index in [1.165, 1.54) is 0 Å². The lowest BCUT2D eigenvalue weighted by molar-refractivity contribution is -0.229. The summed E-state index contributed by atoms with van der Waals surface area (Å²) in [6, 6.07) is 3.20. The van der Waals surface area contributed by atoms with E-state index in [-0.39, 0.29) is 18.3 Å². The lowest BCUT2D eigenvalue weighted by Gasteiger charge is -2.25. The fraction of sp³-hybridized carbons (Fsp3) is 0.692. The molecular formula is C13H19NO5. The third-order valence-electron chi connectivity index (χ3n) is 3.50. The van der Waals surface area contributed by atoms with E-state index >= 15 is 0 Å². The Kier molecular flexibility index (Phi) is 3.15. The van der Waals surface area contributed by atoms with E-state index in [0.29, 0.717) is 5.76 Å². The summed E-state index contributed by atoms with van der Waals surface area (Å²) in [6.07, 6.45) is 0.220. The molecule has 0 bridgehead atoms. The molecule has 0 amide bonds. The van der Waals surface area contributed by atoms with Crippen LogP contribution in [0.3, 0.4) is 0 Å². The highest BCUT2D eigenvalue weighted by atomic mass is 16.8. The van der Waals surface area contributed by atoms with Crippen LogP contribution in [0.5, 0.6) is 0 Å². The first-order valence-corrected chi connectivity index (χ1v) is 6.35. The molecule has 0 saturated carbocycles. The van der Waals surface area contributed by atoms with E-state index in [1.807, 2.05) is 19.9 Å². The molecule has 0 aromatic carbocycles. The molecule has 6 heteroatoms. The van der Waals surface area contributed by atoms with Gasteiger partial charge in [0.25, 0.3) is 0 Å². The largest absolute Gasteiger partial charge is 0.468 e. The molecule has 6 nitrogen and oxygen atoms in total. The SMILES string of the molecule is CO[C@H]1O[C@H]([C@H](N)c2ccco2)[C@@H]2OC(C)(C)O[C@H]12. The number of furan rings is 1. The summed E-state index contributed by atoms with van der Waals surface area (Å²) < 4.78 is 28.1. The Labute approximate surface area is 111 Å². The van der Waals surface area contributed by atoms with Gasteiger partial charge >= 0.3 is 0 Å². The second-order valence-corrected chi connectivity index (χ2v) is 5.31. The van der Waals surface area contributed by atoms with Crippen LogP contribution in [0.2, 0.25) is 0 Å². The number of ether oxygens (including phenoxy) is 4. The highest BCUT2D eigenvalue weighted by molar-refractivity contribution is 5.10. The van der Waals surface area contributed by atoms with Gasteiger partial charge in [0.05, 0.1) is 12.3 Å². The van der Waals surface area contributed by atoms with Gasteiger partial charge in [-0.15, -0.1) is 0 Å². The van der Waals surface area contributed by atoms with Gasteiger partial charge in [-0.25, -0.2) is 0 Å². The first-order chi connectivity index (χ1) is 9.02. The van der Waals surface area contributed by atoms with Gasteiger partial charge < -0.3 is 29.1 Å². The van der Waals surface area contributed by atoms with Crippen molar-refractivity contribution in [2.75, 3.05) is 7.11 Å². The van der Waals surface area contributed by atoms with Crippen LogP contribution < -0.4 is 5.73 Å². The van der Waals surface area contributed by atoms with Gasteiger partial charge in [-0.05, 0) is 26.0 Å². The molecule has 3 rings (SSSR count). The molecule has 106 valence electrons. The second kappa shape index (κ2) is 4.57. The van der Waals surface area contributed by atoms with Gasteiger partial charge in [0.1, 0.15) is 24.1 Å². The van der Waals surface area contributed by atoms with Crippen LogP contribution in [-0.4, -0.2) is 37.5 Å². The summed E-state index contributed by atoms with van der Waals surface area (Å²) in [5.41, 5.74) is 6.20. The third kappa shape index (κ3) is 2.19. The van der Waals surface area contributed by atoms with E-state index in [0.717, 1.165) is 0 Å². The van der Waals surface area contributed by atoms with Crippen LogP contribution >= 0.6 is 0 Å². The maximum atomic E-state index is 6.20. The number of rotatable bonds is 3. The number of hydrogen-bond donors (Lipinski definition) is 1. The minimum absolute atomic E-state index is 0.264. The summed E-state index contributed by atoms with van der Waals surface area (Å²) in [4.78, 5) is 0. The van der Waals surface area contributed by atoms with Crippen molar-refractivity contribution in [1.29, 1.82) is 0 Å². The Balaban J connectivity index is 1.83. The van der Waals surface area contributed by atoms with Gasteiger partial charge in [0.15, 0.2) is 12.1 Å². The number of methoxy groups -OCH3 is 1. The van der Waals surface area contributed by atoms with Crippen molar-refractivity contribution in [3.05, 3.63) is 24.2 Å². The van der Waals surface area contributed by atoms with E-state index in [2.05, 4.69) is 0 Å². The monoisotopic (exact) mass is 269 g/mol. The second-order valence-electron chi connectivity index (χ2n) is 5.31. The highest BCUT2D eigenvalue weighted by Crippen LogP contribution is 2.42. The zero-order valence-electron chi connectivity index (χ0n) is 11.2. The molecule has 3 heterocycles. The summed E-state index contributed by atoms with van der Waals surface area (Å²) in [5.74, 6) is 0.00521. The summed E-state index contributed by atoms with van der Waals surface area (Å²) in [7, 11) is 1.58. The molecule has 0 aliphatic carbocycles. The van der Waals surface area contributed by atoms with Crippen molar-refractivity contribution in [2.24, 2.45) is 5.73 Å². The van der Waals surface area contributed by atoms with Crippen molar-refractivity contribution in [2.45, 2.75) is 50.3 Å². The van der Waals surface area contributed by atoms with E-state index < -0.39 is 18.1 Å². The fourth-order valence-electron chi connectivity index (χ4n) is 2.71.